The van der Waals surface area contributed by atoms with Gasteiger partial charge in [0.15, 0.2) is 0 Å². The van der Waals surface area contributed by atoms with Gasteiger partial charge in [-0.15, -0.1) is 0 Å². The molecule has 1 atom stereocenters. The molecule has 0 radical (unpaired) electrons. The highest BCUT2D eigenvalue weighted by Crippen LogP contribution is 2.30. The van der Waals surface area contributed by atoms with E-state index in [-0.39, 0.29) is 17.4 Å². The van der Waals surface area contributed by atoms with Crippen molar-refractivity contribution in [3.05, 3.63) is 27.9 Å². The van der Waals surface area contributed by atoms with Crippen molar-refractivity contribution in [1.82, 2.24) is 19.8 Å². The Bertz CT molecular complexity index is 797. The summed E-state index contributed by atoms with van der Waals surface area (Å²) in [5, 5.41) is 0. The van der Waals surface area contributed by atoms with E-state index in [0.717, 1.165) is 62.8 Å². The van der Waals surface area contributed by atoms with Gasteiger partial charge in [0, 0.05) is 44.6 Å². The maximum atomic E-state index is 12.5. The molecule has 2 saturated heterocycles. The van der Waals surface area contributed by atoms with Crippen LogP contribution in [0.2, 0.25) is 0 Å². The molecule has 0 spiro atoms. The highest BCUT2D eigenvalue weighted by Gasteiger charge is 2.28. The first-order chi connectivity index (χ1) is 15.6. The Labute approximate surface area is 191 Å². The number of nitrogens with zero attached hydrogens (tertiary/aromatic N) is 3. The number of ether oxygens (including phenoxy) is 1. The third-order valence-electron chi connectivity index (χ3n) is 7.71. The number of aromatic amines is 1. The van der Waals surface area contributed by atoms with Crippen molar-refractivity contribution < 1.29 is 9.53 Å². The molecule has 7 heteroatoms. The lowest BCUT2D eigenvalue weighted by Gasteiger charge is -2.35. The lowest BCUT2D eigenvalue weighted by molar-refractivity contribution is -0.133. The zero-order valence-corrected chi connectivity index (χ0v) is 19.7. The zero-order valence-electron chi connectivity index (χ0n) is 19.7. The predicted molar refractivity (Wildman–Crippen MR) is 125 cm³/mol. The standard InChI is InChI=1S/C25H40N4O3/c1-32-15-11-24(31)29-12-5-8-21(18-29)22-16-23(30)27-25(26-22)20-9-13-28(14-10-20)17-19-6-3-2-4-7-19/h16,19-21H,2-15,17-18H2,1H3,(H,26,27,30). The van der Waals surface area contributed by atoms with Gasteiger partial charge in [-0.3, -0.25) is 9.59 Å². The smallest absolute Gasteiger partial charge is 0.251 e. The zero-order chi connectivity index (χ0) is 22.3. The van der Waals surface area contributed by atoms with Crippen LogP contribution in [0.3, 0.4) is 0 Å². The molecular formula is C25H40N4O3. The van der Waals surface area contributed by atoms with Crippen molar-refractivity contribution >= 4 is 5.91 Å². The molecule has 0 aromatic carbocycles. The van der Waals surface area contributed by atoms with Gasteiger partial charge < -0.3 is 19.5 Å². The Balaban J connectivity index is 1.35. The largest absolute Gasteiger partial charge is 0.384 e. The van der Waals surface area contributed by atoms with Crippen molar-refractivity contribution in [2.24, 2.45) is 5.92 Å². The first-order valence-corrected chi connectivity index (χ1v) is 12.7. The normalized spacial score (nSPS) is 24.0. The minimum atomic E-state index is -0.0579. The van der Waals surface area contributed by atoms with Crippen LogP contribution in [0.5, 0.6) is 0 Å². The summed E-state index contributed by atoms with van der Waals surface area (Å²) in [7, 11) is 1.62. The second-order valence-corrected chi connectivity index (χ2v) is 10.1. The monoisotopic (exact) mass is 444 g/mol. The minimum absolute atomic E-state index is 0.0579. The van der Waals surface area contributed by atoms with E-state index < -0.39 is 0 Å². The van der Waals surface area contributed by atoms with Crippen molar-refractivity contribution in [3.63, 3.8) is 0 Å². The van der Waals surface area contributed by atoms with Gasteiger partial charge in [-0.25, -0.2) is 4.98 Å². The summed E-state index contributed by atoms with van der Waals surface area (Å²) in [4.78, 5) is 37.4. The number of H-pyrrole nitrogens is 1. The van der Waals surface area contributed by atoms with E-state index in [4.69, 9.17) is 9.72 Å². The van der Waals surface area contributed by atoms with Crippen LogP contribution in [0.4, 0.5) is 0 Å². The molecule has 178 valence electrons. The molecular weight excluding hydrogens is 404 g/mol. The van der Waals surface area contributed by atoms with E-state index in [1.807, 2.05) is 4.90 Å². The van der Waals surface area contributed by atoms with Crippen molar-refractivity contribution in [2.45, 2.75) is 76.0 Å². The van der Waals surface area contributed by atoms with Crippen LogP contribution < -0.4 is 5.56 Å². The Morgan fingerprint density at radius 1 is 1.06 bits per heavy atom. The minimum Gasteiger partial charge on any atom is -0.384 e. The molecule has 3 aliphatic rings. The molecule has 7 nitrogen and oxygen atoms in total. The predicted octanol–water partition coefficient (Wildman–Crippen LogP) is 3.27. The summed E-state index contributed by atoms with van der Waals surface area (Å²) < 4.78 is 5.05. The van der Waals surface area contributed by atoms with Crippen molar-refractivity contribution in [2.75, 3.05) is 46.4 Å². The first-order valence-electron chi connectivity index (χ1n) is 12.7. The summed E-state index contributed by atoms with van der Waals surface area (Å²) in [5.74, 6) is 2.33. The Kier molecular flexibility index (Phi) is 8.36. The van der Waals surface area contributed by atoms with Crippen LogP contribution in [-0.4, -0.2) is 72.1 Å². The maximum Gasteiger partial charge on any atom is 0.251 e. The number of carbonyl (C=O) groups is 1. The average molecular weight is 445 g/mol. The molecule has 32 heavy (non-hydrogen) atoms. The van der Waals surface area contributed by atoms with Crippen molar-refractivity contribution in [1.29, 1.82) is 0 Å². The highest BCUT2D eigenvalue weighted by atomic mass is 16.5. The molecule has 3 heterocycles. The number of methoxy groups -OCH3 is 1. The van der Waals surface area contributed by atoms with Gasteiger partial charge in [0.2, 0.25) is 5.91 Å². The molecule has 3 fully saturated rings. The van der Waals surface area contributed by atoms with Crippen molar-refractivity contribution in [3.8, 4) is 0 Å². The maximum absolute atomic E-state index is 12.5. The fourth-order valence-corrected chi connectivity index (χ4v) is 5.81. The SMILES string of the molecule is COCCC(=O)N1CCCC(c2cc(=O)[nH]c(C3CCN(CC4CCCCC4)CC3)n2)C1. The molecule has 1 aromatic heterocycles. The van der Waals surface area contributed by atoms with Gasteiger partial charge >= 0.3 is 0 Å². The Morgan fingerprint density at radius 2 is 1.84 bits per heavy atom. The molecule has 1 amide bonds. The van der Waals surface area contributed by atoms with Crippen LogP contribution in [-0.2, 0) is 9.53 Å². The number of amides is 1. The van der Waals surface area contributed by atoms with E-state index in [1.54, 1.807) is 13.2 Å². The van der Waals surface area contributed by atoms with Gasteiger partial charge in [0.1, 0.15) is 5.82 Å². The molecule has 1 aliphatic carbocycles. The third kappa shape index (κ3) is 6.19. The first kappa shape index (κ1) is 23.4. The van der Waals surface area contributed by atoms with Gasteiger partial charge in [-0.1, -0.05) is 19.3 Å². The summed E-state index contributed by atoms with van der Waals surface area (Å²) >= 11 is 0. The summed E-state index contributed by atoms with van der Waals surface area (Å²) in [5.41, 5.74) is 0.801. The second kappa shape index (κ2) is 11.4. The van der Waals surface area contributed by atoms with E-state index in [9.17, 15) is 9.59 Å². The summed E-state index contributed by atoms with van der Waals surface area (Å²) in [6, 6.07) is 1.65. The number of likely N-dealkylation sites (tertiary alicyclic amines) is 2. The molecule has 2 aliphatic heterocycles. The van der Waals surface area contributed by atoms with Crippen LogP contribution in [0.15, 0.2) is 10.9 Å². The van der Waals surface area contributed by atoms with Gasteiger partial charge in [-0.05, 0) is 57.5 Å². The van der Waals surface area contributed by atoms with Gasteiger partial charge in [0.25, 0.3) is 5.56 Å². The molecule has 1 aromatic rings. The molecule has 0 bridgehead atoms. The van der Waals surface area contributed by atoms with Gasteiger partial charge in [0.05, 0.1) is 18.7 Å². The average Bonchev–Trinajstić information content (AvgIpc) is 2.83. The fraction of sp³-hybridized carbons (Fsp3) is 0.800. The van der Waals surface area contributed by atoms with Gasteiger partial charge in [-0.2, -0.15) is 0 Å². The summed E-state index contributed by atoms with van der Waals surface area (Å²) in [6.07, 6.45) is 11.5. The fourth-order valence-electron chi connectivity index (χ4n) is 5.81. The highest BCUT2D eigenvalue weighted by molar-refractivity contribution is 5.76. The Hall–Kier alpha value is -1.73. The quantitative estimate of drug-likeness (QED) is 0.698. The molecule has 1 unspecified atom stereocenters. The molecule has 4 rings (SSSR count). The topological polar surface area (TPSA) is 78.5 Å². The number of carbonyl (C=O) groups excluding carboxylic acids is 1. The number of aromatic nitrogens is 2. The van der Waals surface area contributed by atoms with E-state index in [1.165, 1.54) is 38.6 Å². The van der Waals surface area contributed by atoms with Crippen LogP contribution in [0.25, 0.3) is 0 Å². The van der Waals surface area contributed by atoms with Crippen LogP contribution in [0, 0.1) is 5.92 Å². The number of nitrogens with one attached hydrogen (secondary N) is 1. The van der Waals surface area contributed by atoms with E-state index in [2.05, 4.69) is 9.88 Å². The molecule has 1 N–H and O–H groups in total. The number of hydrogen-bond acceptors (Lipinski definition) is 5. The third-order valence-corrected chi connectivity index (χ3v) is 7.71. The number of rotatable bonds is 7. The number of hydrogen-bond donors (Lipinski definition) is 1. The Morgan fingerprint density at radius 3 is 2.59 bits per heavy atom. The molecule has 1 saturated carbocycles. The lowest BCUT2D eigenvalue weighted by atomic mass is 9.87. The van der Waals surface area contributed by atoms with E-state index in [0.29, 0.717) is 25.5 Å². The second-order valence-electron chi connectivity index (χ2n) is 10.1. The lowest BCUT2D eigenvalue weighted by Crippen LogP contribution is -2.40. The van der Waals surface area contributed by atoms with Crippen LogP contribution in [0.1, 0.15) is 87.6 Å². The van der Waals surface area contributed by atoms with E-state index >= 15 is 0 Å². The summed E-state index contributed by atoms with van der Waals surface area (Å²) in [6.45, 7) is 5.33. The van der Waals surface area contributed by atoms with Crippen LogP contribution >= 0.6 is 0 Å². The number of piperidine rings is 2.